The molecule has 0 atom stereocenters. The zero-order valence-electron chi connectivity index (χ0n) is 9.58. The Morgan fingerprint density at radius 2 is 1.89 bits per heavy atom. The lowest BCUT2D eigenvalue weighted by Gasteiger charge is -2.11. The smallest absolute Gasteiger partial charge is 0.143 e. The molecule has 19 heavy (non-hydrogen) atoms. The van der Waals surface area contributed by atoms with Gasteiger partial charge < -0.3 is 11.1 Å². The quantitative estimate of drug-likeness (QED) is 0.841. The number of nitrogens with two attached hydrogens (primary N) is 1. The van der Waals surface area contributed by atoms with Crippen LogP contribution >= 0.6 is 23.8 Å². The summed E-state index contributed by atoms with van der Waals surface area (Å²) in [6.45, 7) is 0. The molecule has 0 heterocycles. The van der Waals surface area contributed by atoms with Crippen LogP contribution in [0.25, 0.3) is 0 Å². The molecule has 0 radical (unpaired) electrons. The molecule has 98 valence electrons. The van der Waals surface area contributed by atoms with Crippen molar-refractivity contribution in [3.63, 3.8) is 0 Å². The lowest BCUT2D eigenvalue weighted by molar-refractivity contribution is 0.627. The molecule has 3 N–H and O–H groups in total. The molecule has 0 saturated heterocycles. The summed E-state index contributed by atoms with van der Waals surface area (Å²) < 4.78 is 26.5. The Bertz CT molecular complexity index is 647. The highest BCUT2D eigenvalue weighted by molar-refractivity contribution is 7.80. The molecule has 0 aliphatic heterocycles. The summed E-state index contributed by atoms with van der Waals surface area (Å²) in [5.74, 6) is -0.999. The number of hydrogen-bond acceptors (Lipinski definition) is 2. The zero-order chi connectivity index (χ0) is 14.0. The topological polar surface area (TPSA) is 38.0 Å². The molecular weight excluding hydrogens is 290 g/mol. The minimum Gasteiger partial charge on any atom is -0.389 e. The first-order chi connectivity index (χ1) is 8.97. The Kier molecular flexibility index (Phi) is 3.97. The second-order valence-corrected chi connectivity index (χ2v) is 4.66. The first kappa shape index (κ1) is 13.7. The van der Waals surface area contributed by atoms with Crippen molar-refractivity contribution in [2.24, 2.45) is 5.73 Å². The molecule has 0 saturated carbocycles. The fourth-order valence-corrected chi connectivity index (χ4v) is 1.85. The van der Waals surface area contributed by atoms with Crippen LogP contribution in [0.4, 0.5) is 20.2 Å². The van der Waals surface area contributed by atoms with E-state index in [1.165, 1.54) is 30.3 Å². The third kappa shape index (κ3) is 3.19. The second kappa shape index (κ2) is 5.50. The molecule has 0 unspecified atom stereocenters. The minimum atomic E-state index is -0.550. The molecule has 0 amide bonds. The minimum absolute atomic E-state index is 0.0271. The molecule has 0 aliphatic rings. The van der Waals surface area contributed by atoms with Gasteiger partial charge in [0, 0.05) is 16.9 Å². The molecule has 6 heteroatoms. The van der Waals surface area contributed by atoms with E-state index in [0.29, 0.717) is 16.9 Å². The van der Waals surface area contributed by atoms with Gasteiger partial charge in [-0.1, -0.05) is 23.8 Å². The van der Waals surface area contributed by atoms with Crippen LogP contribution in [-0.2, 0) is 0 Å². The molecule has 0 aliphatic carbocycles. The molecule has 2 rings (SSSR count). The van der Waals surface area contributed by atoms with Crippen LogP contribution in [0.1, 0.15) is 5.56 Å². The molecule has 0 spiro atoms. The third-order valence-corrected chi connectivity index (χ3v) is 2.97. The molecule has 2 aromatic carbocycles. The summed E-state index contributed by atoms with van der Waals surface area (Å²) in [4.78, 5) is 0.0523. The monoisotopic (exact) mass is 298 g/mol. The van der Waals surface area contributed by atoms with Crippen molar-refractivity contribution in [2.45, 2.75) is 0 Å². The highest BCUT2D eigenvalue weighted by atomic mass is 35.5. The average molecular weight is 299 g/mol. The van der Waals surface area contributed by atoms with Gasteiger partial charge in [-0.25, -0.2) is 8.78 Å². The van der Waals surface area contributed by atoms with Crippen LogP contribution in [0.2, 0.25) is 5.02 Å². The Hall–Kier alpha value is -1.72. The maximum Gasteiger partial charge on any atom is 0.143 e. The highest BCUT2D eigenvalue weighted by Gasteiger charge is 2.08. The Labute approximate surface area is 119 Å². The van der Waals surface area contributed by atoms with Gasteiger partial charge in [-0.15, -0.1) is 0 Å². The predicted molar refractivity (Wildman–Crippen MR) is 77.0 cm³/mol. The van der Waals surface area contributed by atoms with Crippen molar-refractivity contribution in [1.82, 2.24) is 0 Å². The Morgan fingerprint density at radius 1 is 1.16 bits per heavy atom. The first-order valence-electron chi connectivity index (χ1n) is 5.29. The Morgan fingerprint density at radius 3 is 2.53 bits per heavy atom. The van der Waals surface area contributed by atoms with Crippen molar-refractivity contribution in [1.29, 1.82) is 0 Å². The van der Waals surface area contributed by atoms with Gasteiger partial charge in [0.2, 0.25) is 0 Å². The van der Waals surface area contributed by atoms with E-state index >= 15 is 0 Å². The van der Waals surface area contributed by atoms with Gasteiger partial charge in [-0.05, 0) is 36.4 Å². The summed E-state index contributed by atoms with van der Waals surface area (Å²) >= 11 is 10.4. The standard InChI is InChI=1S/C13H9ClF2N2S/c14-10-3-2-8(6-11(10)16)18-12-4-1-7(15)5-9(12)13(17)19/h1-6,18H,(H2,17,19). The van der Waals surface area contributed by atoms with Crippen LogP contribution in [0.15, 0.2) is 36.4 Å². The molecule has 0 fully saturated rings. The normalized spacial score (nSPS) is 10.3. The third-order valence-electron chi connectivity index (χ3n) is 2.45. The van der Waals surface area contributed by atoms with E-state index < -0.39 is 11.6 Å². The fraction of sp³-hybridized carbons (Fsp3) is 0. The van der Waals surface area contributed by atoms with E-state index in [0.717, 1.165) is 0 Å². The average Bonchev–Trinajstić information content (AvgIpc) is 2.36. The van der Waals surface area contributed by atoms with Gasteiger partial charge in [0.05, 0.1) is 5.02 Å². The second-order valence-electron chi connectivity index (χ2n) is 3.81. The van der Waals surface area contributed by atoms with Crippen LogP contribution in [-0.4, -0.2) is 4.99 Å². The van der Waals surface area contributed by atoms with Crippen molar-refractivity contribution in [3.05, 3.63) is 58.6 Å². The maximum atomic E-state index is 13.3. The summed E-state index contributed by atoms with van der Waals surface area (Å²) in [5.41, 5.74) is 6.83. The van der Waals surface area contributed by atoms with Crippen LogP contribution in [0.5, 0.6) is 0 Å². The van der Waals surface area contributed by atoms with E-state index in [9.17, 15) is 8.78 Å². The molecule has 0 aromatic heterocycles. The van der Waals surface area contributed by atoms with E-state index in [2.05, 4.69) is 5.32 Å². The lowest BCUT2D eigenvalue weighted by atomic mass is 10.1. The number of anilines is 2. The molecule has 2 aromatic rings. The Balaban J connectivity index is 2.37. The number of nitrogens with one attached hydrogen (secondary N) is 1. The molecular formula is C13H9ClF2N2S. The van der Waals surface area contributed by atoms with Crippen molar-refractivity contribution in [3.8, 4) is 0 Å². The molecule has 2 nitrogen and oxygen atoms in total. The fourth-order valence-electron chi connectivity index (χ4n) is 1.56. The van der Waals surface area contributed by atoms with Gasteiger partial charge in [0.1, 0.15) is 16.6 Å². The lowest BCUT2D eigenvalue weighted by Crippen LogP contribution is -2.12. The van der Waals surface area contributed by atoms with E-state index in [1.807, 2.05) is 0 Å². The van der Waals surface area contributed by atoms with Gasteiger partial charge >= 0.3 is 0 Å². The summed E-state index contributed by atoms with van der Waals surface area (Å²) in [6, 6.07) is 8.21. The van der Waals surface area contributed by atoms with Gasteiger partial charge in [0.15, 0.2) is 0 Å². The van der Waals surface area contributed by atoms with Crippen molar-refractivity contribution >= 4 is 40.2 Å². The van der Waals surface area contributed by atoms with Crippen LogP contribution in [0, 0.1) is 11.6 Å². The number of rotatable bonds is 3. The number of benzene rings is 2. The first-order valence-corrected chi connectivity index (χ1v) is 6.07. The maximum absolute atomic E-state index is 13.3. The van der Waals surface area contributed by atoms with Gasteiger partial charge in [-0.3, -0.25) is 0 Å². The largest absolute Gasteiger partial charge is 0.389 e. The predicted octanol–water partition coefficient (Wildman–Crippen LogP) is 4.00. The number of hydrogen-bond donors (Lipinski definition) is 2. The van der Waals surface area contributed by atoms with Crippen molar-refractivity contribution < 1.29 is 8.78 Å². The van der Waals surface area contributed by atoms with Crippen LogP contribution in [0.3, 0.4) is 0 Å². The summed E-state index contributed by atoms with van der Waals surface area (Å²) in [5, 5.41) is 2.94. The van der Waals surface area contributed by atoms with E-state index in [1.54, 1.807) is 6.07 Å². The summed E-state index contributed by atoms with van der Waals surface area (Å²) in [6.07, 6.45) is 0. The summed E-state index contributed by atoms with van der Waals surface area (Å²) in [7, 11) is 0. The van der Waals surface area contributed by atoms with E-state index in [4.69, 9.17) is 29.6 Å². The van der Waals surface area contributed by atoms with Crippen LogP contribution < -0.4 is 11.1 Å². The van der Waals surface area contributed by atoms with Gasteiger partial charge in [0.25, 0.3) is 0 Å². The zero-order valence-corrected chi connectivity index (χ0v) is 11.2. The van der Waals surface area contributed by atoms with Gasteiger partial charge in [-0.2, -0.15) is 0 Å². The van der Waals surface area contributed by atoms with E-state index in [-0.39, 0.29) is 10.0 Å². The SMILES string of the molecule is NC(=S)c1cc(F)ccc1Nc1ccc(Cl)c(F)c1. The van der Waals surface area contributed by atoms with Crippen molar-refractivity contribution in [2.75, 3.05) is 5.32 Å². The number of halogens is 3. The molecule has 0 bridgehead atoms. The number of thiocarbonyl (C=S) groups is 1. The highest BCUT2D eigenvalue weighted by Crippen LogP contribution is 2.25.